The number of hydrogen-bond donors (Lipinski definition) is 2. The van der Waals surface area contributed by atoms with Crippen molar-refractivity contribution in [2.45, 2.75) is 33.1 Å². The summed E-state index contributed by atoms with van der Waals surface area (Å²) in [5, 5.41) is 8.63. The molecular weight excluding hydrogens is 202 g/mol. The highest BCUT2D eigenvalue weighted by Gasteiger charge is 2.10. The van der Waals surface area contributed by atoms with Crippen LogP contribution in [0.2, 0.25) is 0 Å². The van der Waals surface area contributed by atoms with Crippen LogP contribution in [0.4, 0.5) is 0 Å². The molecular formula is C9H21NO3S. The molecule has 0 heterocycles. The Hall–Kier alpha value is -0.130. The van der Waals surface area contributed by atoms with Crippen LogP contribution in [0.3, 0.4) is 0 Å². The van der Waals surface area contributed by atoms with Gasteiger partial charge in [-0.25, -0.2) is 13.1 Å². The van der Waals surface area contributed by atoms with Crippen molar-refractivity contribution in [2.75, 3.05) is 18.9 Å². The van der Waals surface area contributed by atoms with E-state index >= 15 is 0 Å². The number of sulfonamides is 1. The minimum atomic E-state index is -3.09. The summed E-state index contributed by atoms with van der Waals surface area (Å²) in [6.45, 7) is 4.41. The highest BCUT2D eigenvalue weighted by molar-refractivity contribution is 7.89. The van der Waals surface area contributed by atoms with Crippen LogP contribution in [-0.4, -0.2) is 32.4 Å². The monoisotopic (exact) mass is 223 g/mol. The van der Waals surface area contributed by atoms with Gasteiger partial charge in [-0.15, -0.1) is 0 Å². The Morgan fingerprint density at radius 1 is 1.43 bits per heavy atom. The van der Waals surface area contributed by atoms with Gasteiger partial charge in [-0.2, -0.15) is 0 Å². The van der Waals surface area contributed by atoms with Gasteiger partial charge in [-0.3, -0.25) is 0 Å². The zero-order valence-corrected chi connectivity index (χ0v) is 9.81. The predicted octanol–water partition coefficient (Wildman–Crippen LogP) is 0.724. The lowest BCUT2D eigenvalue weighted by Gasteiger charge is -2.11. The number of aliphatic hydroxyl groups is 1. The Bertz CT molecular complexity index is 226. The van der Waals surface area contributed by atoms with Gasteiger partial charge in [-0.1, -0.05) is 20.3 Å². The van der Waals surface area contributed by atoms with E-state index in [0.717, 1.165) is 6.42 Å². The van der Waals surface area contributed by atoms with E-state index in [9.17, 15) is 8.42 Å². The number of aliphatic hydroxyl groups excluding tert-OH is 1. The molecule has 0 bridgehead atoms. The Labute approximate surface area is 86.8 Å². The second-order valence-corrected chi connectivity index (χ2v) is 5.56. The van der Waals surface area contributed by atoms with Gasteiger partial charge < -0.3 is 5.11 Å². The molecule has 5 heteroatoms. The molecule has 0 saturated carbocycles. The summed E-state index contributed by atoms with van der Waals surface area (Å²) in [5.41, 5.74) is 0. The fraction of sp³-hybridized carbons (Fsp3) is 1.00. The molecule has 0 aliphatic heterocycles. The van der Waals surface area contributed by atoms with Crippen molar-refractivity contribution in [3.8, 4) is 0 Å². The molecule has 0 spiro atoms. The number of rotatable bonds is 8. The van der Waals surface area contributed by atoms with Crippen LogP contribution < -0.4 is 4.72 Å². The average Bonchev–Trinajstić information content (AvgIpc) is 2.13. The third-order valence-electron chi connectivity index (χ3n) is 2.04. The Balaban J connectivity index is 3.75. The maximum absolute atomic E-state index is 11.3. The van der Waals surface area contributed by atoms with Crippen LogP contribution >= 0.6 is 0 Å². The third kappa shape index (κ3) is 7.29. The summed E-state index contributed by atoms with van der Waals surface area (Å²) in [4.78, 5) is 0. The molecule has 0 aromatic carbocycles. The predicted molar refractivity (Wildman–Crippen MR) is 57.6 cm³/mol. The highest BCUT2D eigenvalue weighted by atomic mass is 32.2. The van der Waals surface area contributed by atoms with Crippen LogP contribution in [0, 0.1) is 5.92 Å². The van der Waals surface area contributed by atoms with Gasteiger partial charge in [-0.05, 0) is 18.8 Å². The second-order valence-electron chi connectivity index (χ2n) is 3.64. The standard InChI is InChI=1S/C9H21NO3S/c1-3-4-7-14(12,13)10-8-9(2)5-6-11/h9-11H,3-8H2,1-2H3. The molecule has 0 saturated heterocycles. The summed E-state index contributed by atoms with van der Waals surface area (Å²) < 4.78 is 25.2. The SMILES string of the molecule is CCCCS(=O)(=O)NCC(C)CCO. The van der Waals surface area contributed by atoms with Crippen LogP contribution in [0.15, 0.2) is 0 Å². The van der Waals surface area contributed by atoms with E-state index in [0.29, 0.717) is 19.4 Å². The van der Waals surface area contributed by atoms with Gasteiger partial charge in [0, 0.05) is 13.2 Å². The smallest absolute Gasteiger partial charge is 0.211 e. The van der Waals surface area contributed by atoms with Crippen LogP contribution in [0.1, 0.15) is 33.1 Å². The largest absolute Gasteiger partial charge is 0.396 e. The molecule has 0 amide bonds. The molecule has 0 aromatic heterocycles. The lowest BCUT2D eigenvalue weighted by Crippen LogP contribution is -2.30. The summed E-state index contributed by atoms with van der Waals surface area (Å²) in [6, 6.07) is 0. The molecule has 0 aromatic rings. The van der Waals surface area contributed by atoms with Gasteiger partial charge in [0.1, 0.15) is 0 Å². The maximum atomic E-state index is 11.3. The molecule has 14 heavy (non-hydrogen) atoms. The van der Waals surface area contributed by atoms with Crippen molar-refractivity contribution in [3.05, 3.63) is 0 Å². The summed E-state index contributed by atoms with van der Waals surface area (Å²) >= 11 is 0. The first-order chi connectivity index (χ1) is 6.52. The van der Waals surface area contributed by atoms with E-state index < -0.39 is 10.0 Å². The zero-order valence-electron chi connectivity index (χ0n) is 8.99. The Morgan fingerprint density at radius 2 is 2.07 bits per heavy atom. The van der Waals surface area contributed by atoms with Crippen LogP contribution in [0.25, 0.3) is 0 Å². The van der Waals surface area contributed by atoms with Gasteiger partial charge >= 0.3 is 0 Å². The normalized spacial score (nSPS) is 14.2. The summed E-state index contributed by atoms with van der Waals surface area (Å²) in [7, 11) is -3.09. The topological polar surface area (TPSA) is 66.4 Å². The molecule has 0 fully saturated rings. The van der Waals surface area contributed by atoms with Crippen LogP contribution in [-0.2, 0) is 10.0 Å². The molecule has 0 rings (SSSR count). The van der Waals surface area contributed by atoms with Gasteiger partial charge in [0.2, 0.25) is 10.0 Å². The highest BCUT2D eigenvalue weighted by Crippen LogP contribution is 2.00. The van der Waals surface area contributed by atoms with E-state index in [1.54, 1.807) is 0 Å². The van der Waals surface area contributed by atoms with Crippen molar-refractivity contribution in [3.63, 3.8) is 0 Å². The number of hydrogen-bond acceptors (Lipinski definition) is 3. The van der Waals surface area contributed by atoms with Gasteiger partial charge in [0.15, 0.2) is 0 Å². The van der Waals surface area contributed by atoms with E-state index in [1.807, 2.05) is 13.8 Å². The fourth-order valence-corrected chi connectivity index (χ4v) is 2.35. The molecule has 1 atom stereocenters. The molecule has 0 aliphatic rings. The van der Waals surface area contributed by atoms with Crippen molar-refractivity contribution in [1.82, 2.24) is 4.72 Å². The first-order valence-electron chi connectivity index (χ1n) is 5.10. The molecule has 1 unspecified atom stereocenters. The summed E-state index contributed by atoms with van der Waals surface area (Å²) in [5.74, 6) is 0.395. The first kappa shape index (κ1) is 13.9. The lowest BCUT2D eigenvalue weighted by molar-refractivity contribution is 0.263. The van der Waals surface area contributed by atoms with Gasteiger partial charge in [0.25, 0.3) is 0 Å². The van der Waals surface area contributed by atoms with Crippen molar-refractivity contribution in [2.24, 2.45) is 5.92 Å². The fourth-order valence-electron chi connectivity index (χ4n) is 0.998. The minimum Gasteiger partial charge on any atom is -0.396 e. The van der Waals surface area contributed by atoms with Crippen molar-refractivity contribution in [1.29, 1.82) is 0 Å². The minimum absolute atomic E-state index is 0.109. The Kier molecular flexibility index (Phi) is 7.13. The Morgan fingerprint density at radius 3 is 2.57 bits per heavy atom. The van der Waals surface area contributed by atoms with E-state index in [-0.39, 0.29) is 18.3 Å². The van der Waals surface area contributed by atoms with Crippen LogP contribution in [0.5, 0.6) is 0 Å². The van der Waals surface area contributed by atoms with E-state index in [1.165, 1.54) is 0 Å². The molecule has 0 radical (unpaired) electrons. The lowest BCUT2D eigenvalue weighted by atomic mass is 10.1. The third-order valence-corrected chi connectivity index (χ3v) is 3.47. The average molecular weight is 223 g/mol. The zero-order chi connectivity index (χ0) is 11.0. The van der Waals surface area contributed by atoms with Crippen molar-refractivity contribution >= 4 is 10.0 Å². The number of nitrogens with one attached hydrogen (secondary N) is 1. The molecule has 86 valence electrons. The molecule has 2 N–H and O–H groups in total. The molecule has 4 nitrogen and oxygen atoms in total. The van der Waals surface area contributed by atoms with Gasteiger partial charge in [0.05, 0.1) is 5.75 Å². The second kappa shape index (κ2) is 7.20. The van der Waals surface area contributed by atoms with Crippen molar-refractivity contribution < 1.29 is 13.5 Å². The van der Waals surface area contributed by atoms with E-state index in [4.69, 9.17) is 5.11 Å². The quantitative estimate of drug-likeness (QED) is 0.637. The molecule has 0 aliphatic carbocycles. The first-order valence-corrected chi connectivity index (χ1v) is 6.75. The van der Waals surface area contributed by atoms with E-state index in [2.05, 4.69) is 4.72 Å². The number of unbranched alkanes of at least 4 members (excludes halogenated alkanes) is 1. The maximum Gasteiger partial charge on any atom is 0.211 e. The summed E-state index contributed by atoms with van der Waals surface area (Å²) in [6.07, 6.45) is 2.22.